The van der Waals surface area contributed by atoms with Crippen LogP contribution in [-0.2, 0) is 8.98 Å². The summed E-state index contributed by atoms with van der Waals surface area (Å²) in [4.78, 5) is 12.8. The number of thiol groups is 1. The van der Waals surface area contributed by atoms with Gasteiger partial charge in [0, 0.05) is 20.6 Å². The molecule has 1 saturated heterocycles. The molecule has 0 saturated carbocycles. The number of hydrogen-bond acceptors (Lipinski definition) is 4. The SMILES string of the molecule is CC.CC(=O)N1CCCC1COS.CO. The Kier molecular flexibility index (Phi) is 13.5. The molecule has 0 aromatic rings. The van der Waals surface area contributed by atoms with Crippen LogP contribution in [0.2, 0.25) is 0 Å². The van der Waals surface area contributed by atoms with Crippen LogP contribution in [0.3, 0.4) is 0 Å². The molecule has 5 heteroatoms. The maximum atomic E-state index is 11.0. The Bertz CT molecular complexity index is 156. The summed E-state index contributed by atoms with van der Waals surface area (Å²) in [6.45, 7) is 7.01. The van der Waals surface area contributed by atoms with Crippen LogP contribution >= 0.6 is 12.9 Å². The number of nitrogens with zero attached hydrogens (tertiary/aromatic N) is 1. The van der Waals surface area contributed by atoms with Crippen molar-refractivity contribution in [1.82, 2.24) is 4.90 Å². The van der Waals surface area contributed by atoms with Crippen LogP contribution in [0.25, 0.3) is 0 Å². The molecule has 1 amide bonds. The van der Waals surface area contributed by atoms with Crippen molar-refractivity contribution >= 4 is 18.8 Å². The number of aliphatic hydroxyl groups excluding tert-OH is 1. The summed E-state index contributed by atoms with van der Waals surface area (Å²) < 4.78 is 4.71. The third kappa shape index (κ3) is 6.76. The molecule has 1 aliphatic rings. The zero-order valence-electron chi connectivity index (χ0n) is 10.1. The summed E-state index contributed by atoms with van der Waals surface area (Å²) >= 11 is 3.67. The van der Waals surface area contributed by atoms with E-state index in [1.807, 2.05) is 18.7 Å². The summed E-state index contributed by atoms with van der Waals surface area (Å²) in [6, 6.07) is 0.255. The van der Waals surface area contributed by atoms with E-state index in [0.29, 0.717) is 6.61 Å². The average molecular weight is 237 g/mol. The lowest BCUT2D eigenvalue weighted by atomic mass is 10.2. The summed E-state index contributed by atoms with van der Waals surface area (Å²) in [5.41, 5.74) is 0. The van der Waals surface area contributed by atoms with Crippen molar-refractivity contribution in [2.75, 3.05) is 20.3 Å². The smallest absolute Gasteiger partial charge is 0.219 e. The van der Waals surface area contributed by atoms with Gasteiger partial charge in [-0.25, -0.2) is 0 Å². The molecule has 0 aromatic heterocycles. The van der Waals surface area contributed by atoms with Crippen molar-refractivity contribution in [3.63, 3.8) is 0 Å². The van der Waals surface area contributed by atoms with Crippen LogP contribution in [0.1, 0.15) is 33.6 Å². The number of carbonyl (C=O) groups excluding carboxylic acids is 1. The van der Waals surface area contributed by atoms with Gasteiger partial charge in [-0.05, 0) is 25.8 Å². The van der Waals surface area contributed by atoms with Gasteiger partial charge < -0.3 is 14.2 Å². The highest BCUT2D eigenvalue weighted by Gasteiger charge is 2.25. The normalized spacial score (nSPS) is 18.5. The fraction of sp³-hybridized carbons (Fsp3) is 0.900. The molecule has 1 heterocycles. The third-order valence-corrected chi connectivity index (χ3v) is 2.20. The van der Waals surface area contributed by atoms with Crippen LogP contribution in [0.4, 0.5) is 0 Å². The van der Waals surface area contributed by atoms with Gasteiger partial charge in [-0.2, -0.15) is 0 Å². The van der Waals surface area contributed by atoms with Crippen molar-refractivity contribution in [2.24, 2.45) is 0 Å². The van der Waals surface area contributed by atoms with Crippen LogP contribution in [0.5, 0.6) is 0 Å². The number of hydrogen-bond donors (Lipinski definition) is 2. The van der Waals surface area contributed by atoms with Crippen molar-refractivity contribution in [3.05, 3.63) is 0 Å². The molecule has 1 unspecified atom stereocenters. The largest absolute Gasteiger partial charge is 0.400 e. The van der Waals surface area contributed by atoms with Crippen LogP contribution in [0, 0.1) is 0 Å². The number of likely N-dealkylation sites (tertiary alicyclic amines) is 1. The minimum Gasteiger partial charge on any atom is -0.400 e. The standard InChI is InChI=1S/C7H13NO2S.C2H6.CH4O/c1-6(9)8-4-2-3-7(8)5-10-11;2*1-2/h7,11H,2-5H2,1H3;1-2H3;2H,1H3. The quantitative estimate of drug-likeness (QED) is 0.565. The first-order chi connectivity index (χ1) is 7.25. The molecule has 1 N–H and O–H groups in total. The summed E-state index contributed by atoms with van der Waals surface area (Å²) in [7, 11) is 1.00. The summed E-state index contributed by atoms with van der Waals surface area (Å²) in [5, 5.41) is 7.00. The second-order valence-corrected chi connectivity index (χ2v) is 3.06. The van der Waals surface area contributed by atoms with Gasteiger partial charge in [-0.15, -0.1) is 0 Å². The molecule has 1 aliphatic heterocycles. The van der Waals surface area contributed by atoms with E-state index in [1.165, 1.54) is 0 Å². The minimum absolute atomic E-state index is 0.137. The summed E-state index contributed by atoms with van der Waals surface area (Å²) in [5.74, 6) is 0.137. The highest BCUT2D eigenvalue weighted by atomic mass is 32.1. The van der Waals surface area contributed by atoms with E-state index >= 15 is 0 Å². The van der Waals surface area contributed by atoms with Crippen LogP contribution in [0.15, 0.2) is 0 Å². The van der Waals surface area contributed by atoms with E-state index < -0.39 is 0 Å². The van der Waals surface area contributed by atoms with Crippen molar-refractivity contribution in [2.45, 2.75) is 39.7 Å². The first kappa shape index (κ1) is 17.1. The Morgan fingerprint density at radius 1 is 1.53 bits per heavy atom. The first-order valence-corrected chi connectivity index (χ1v) is 5.60. The number of rotatable bonds is 2. The van der Waals surface area contributed by atoms with E-state index in [2.05, 4.69) is 12.9 Å². The van der Waals surface area contributed by atoms with Gasteiger partial charge >= 0.3 is 0 Å². The molecule has 1 rings (SSSR count). The molecule has 92 valence electrons. The van der Waals surface area contributed by atoms with E-state index in [-0.39, 0.29) is 11.9 Å². The van der Waals surface area contributed by atoms with Crippen LogP contribution < -0.4 is 0 Å². The molecule has 1 fully saturated rings. The van der Waals surface area contributed by atoms with Gasteiger partial charge in [0.1, 0.15) is 0 Å². The lowest BCUT2D eigenvalue weighted by Crippen LogP contribution is -2.36. The molecular weight excluding hydrogens is 214 g/mol. The van der Waals surface area contributed by atoms with Gasteiger partial charge in [-0.1, -0.05) is 13.8 Å². The summed E-state index contributed by atoms with van der Waals surface area (Å²) in [6.07, 6.45) is 2.13. The van der Waals surface area contributed by atoms with E-state index in [4.69, 9.17) is 9.29 Å². The third-order valence-electron chi connectivity index (χ3n) is 2.05. The monoisotopic (exact) mass is 237 g/mol. The zero-order chi connectivity index (χ0) is 12.3. The van der Waals surface area contributed by atoms with Crippen molar-refractivity contribution in [3.8, 4) is 0 Å². The predicted molar refractivity (Wildman–Crippen MR) is 64.8 cm³/mol. The molecule has 1 atom stereocenters. The van der Waals surface area contributed by atoms with Gasteiger partial charge in [0.2, 0.25) is 5.91 Å². The van der Waals surface area contributed by atoms with Gasteiger partial charge in [-0.3, -0.25) is 4.79 Å². The second-order valence-electron chi connectivity index (χ2n) is 2.80. The van der Waals surface area contributed by atoms with E-state index in [1.54, 1.807) is 6.92 Å². The molecule has 4 nitrogen and oxygen atoms in total. The van der Waals surface area contributed by atoms with Crippen LogP contribution in [-0.4, -0.2) is 42.2 Å². The first-order valence-electron chi connectivity index (χ1n) is 5.24. The molecular formula is C10H23NO3S. The molecule has 0 radical (unpaired) electrons. The molecule has 0 aliphatic carbocycles. The van der Waals surface area contributed by atoms with Crippen molar-refractivity contribution in [1.29, 1.82) is 0 Å². The number of amides is 1. The van der Waals surface area contributed by atoms with Crippen molar-refractivity contribution < 1.29 is 14.1 Å². The topological polar surface area (TPSA) is 49.8 Å². The zero-order valence-corrected chi connectivity index (χ0v) is 11.0. The van der Waals surface area contributed by atoms with Gasteiger partial charge in [0.25, 0.3) is 0 Å². The predicted octanol–water partition coefficient (Wildman–Crippen LogP) is 1.49. The van der Waals surface area contributed by atoms with Gasteiger partial charge in [0.05, 0.1) is 12.6 Å². The lowest BCUT2D eigenvalue weighted by Gasteiger charge is -2.21. The molecule has 0 aromatic carbocycles. The fourth-order valence-corrected chi connectivity index (χ4v) is 1.68. The molecule has 15 heavy (non-hydrogen) atoms. The highest BCUT2D eigenvalue weighted by molar-refractivity contribution is 7.75. The maximum absolute atomic E-state index is 11.0. The molecule has 0 spiro atoms. The maximum Gasteiger partial charge on any atom is 0.219 e. The Labute approximate surface area is 98.2 Å². The van der Waals surface area contributed by atoms with E-state index in [9.17, 15) is 4.79 Å². The fourth-order valence-electron chi connectivity index (χ4n) is 1.51. The van der Waals surface area contributed by atoms with E-state index in [0.717, 1.165) is 26.5 Å². The average Bonchev–Trinajstić information content (AvgIpc) is 2.73. The van der Waals surface area contributed by atoms with Gasteiger partial charge in [0.15, 0.2) is 0 Å². The Hall–Kier alpha value is -0.260. The Balaban J connectivity index is 0. The number of aliphatic hydroxyl groups is 1. The Morgan fingerprint density at radius 3 is 2.47 bits per heavy atom. The number of carbonyl (C=O) groups is 1. The second kappa shape index (κ2) is 11.8. The highest BCUT2D eigenvalue weighted by Crippen LogP contribution is 2.17. The molecule has 0 bridgehead atoms. The lowest BCUT2D eigenvalue weighted by molar-refractivity contribution is -0.130. The Morgan fingerprint density at radius 2 is 2.07 bits per heavy atom. The minimum atomic E-state index is 0.137.